The van der Waals surface area contributed by atoms with E-state index in [-0.39, 0.29) is 5.78 Å². The number of hydrogen-bond donors (Lipinski definition) is 1. The number of carbonyl (C=O) groups excluding carboxylic acids is 1. The Morgan fingerprint density at radius 2 is 2.04 bits per heavy atom. The summed E-state index contributed by atoms with van der Waals surface area (Å²) < 4.78 is 0. The van der Waals surface area contributed by atoms with Gasteiger partial charge in [0.25, 0.3) is 0 Å². The number of ketones is 1. The number of phenolic OH excluding ortho intramolecular Hbond substituents is 1. The van der Waals surface area contributed by atoms with Crippen LogP contribution in [-0.4, -0.2) is 24.0 Å². The van der Waals surface area contributed by atoms with Crippen molar-refractivity contribution in [2.75, 3.05) is 18.0 Å². The van der Waals surface area contributed by atoms with Gasteiger partial charge in [-0.25, -0.2) is 0 Å². The second kappa shape index (κ2) is 7.00. The van der Waals surface area contributed by atoms with Gasteiger partial charge in [0.05, 0.1) is 0 Å². The second-order valence-electron chi connectivity index (χ2n) is 7.38. The molecular weight excluding hydrogens is 298 g/mol. The lowest BCUT2D eigenvalue weighted by Crippen LogP contribution is -2.34. The third kappa shape index (κ3) is 3.22. The minimum atomic E-state index is 0.114. The summed E-state index contributed by atoms with van der Waals surface area (Å²) in [7, 11) is 0. The normalized spacial score (nSPS) is 18.3. The molecule has 0 saturated heterocycles. The molecule has 1 atom stereocenters. The van der Waals surface area contributed by atoms with Crippen LogP contribution in [0.4, 0.5) is 5.69 Å². The van der Waals surface area contributed by atoms with Gasteiger partial charge in [-0.1, -0.05) is 26.3 Å². The van der Waals surface area contributed by atoms with Crippen molar-refractivity contribution in [3.63, 3.8) is 0 Å². The summed E-state index contributed by atoms with van der Waals surface area (Å²) in [5.74, 6) is 0.928. The fourth-order valence-corrected chi connectivity index (χ4v) is 4.01. The Kier molecular flexibility index (Phi) is 4.98. The number of benzene rings is 1. The van der Waals surface area contributed by atoms with E-state index in [1.165, 1.54) is 17.7 Å². The van der Waals surface area contributed by atoms with Crippen LogP contribution in [0.15, 0.2) is 17.7 Å². The molecule has 1 N–H and O–H groups in total. The number of Topliss-reactive ketones (excluding diaryl/α,β-unsaturated/α-hetero) is 1. The van der Waals surface area contributed by atoms with Crippen LogP contribution in [0.3, 0.4) is 0 Å². The van der Waals surface area contributed by atoms with Crippen molar-refractivity contribution in [1.82, 2.24) is 0 Å². The number of rotatable bonds is 5. The molecule has 24 heavy (non-hydrogen) atoms. The summed E-state index contributed by atoms with van der Waals surface area (Å²) in [6, 6.07) is 2.15. The number of allylic oxidation sites excluding steroid dienone is 2. The van der Waals surface area contributed by atoms with Crippen LogP contribution in [0.2, 0.25) is 0 Å². The first-order valence-corrected chi connectivity index (χ1v) is 9.34. The zero-order chi connectivity index (χ0) is 17.3. The maximum atomic E-state index is 12.1. The quantitative estimate of drug-likeness (QED) is 0.824. The summed E-state index contributed by atoms with van der Waals surface area (Å²) >= 11 is 0. The predicted octanol–water partition coefficient (Wildman–Crippen LogP) is 4.20. The lowest BCUT2D eigenvalue weighted by atomic mass is 9.87. The SMILES string of the molecule is CCC(C)/C=C(/Cc1cc2c3c(c1O)CCCN3CCC2)C(C)=O. The van der Waals surface area contributed by atoms with Crippen LogP contribution in [0.25, 0.3) is 0 Å². The summed E-state index contributed by atoms with van der Waals surface area (Å²) in [5, 5.41) is 10.9. The molecule has 0 saturated carbocycles. The molecule has 0 amide bonds. The highest BCUT2D eigenvalue weighted by Crippen LogP contribution is 2.42. The molecule has 1 unspecified atom stereocenters. The molecule has 3 heteroatoms. The van der Waals surface area contributed by atoms with Gasteiger partial charge in [0.15, 0.2) is 5.78 Å². The third-order valence-corrected chi connectivity index (χ3v) is 5.54. The van der Waals surface area contributed by atoms with E-state index in [0.29, 0.717) is 18.1 Å². The molecule has 0 radical (unpaired) electrons. The molecule has 2 aliphatic heterocycles. The van der Waals surface area contributed by atoms with Gasteiger partial charge in [-0.15, -0.1) is 0 Å². The van der Waals surface area contributed by atoms with Gasteiger partial charge in [0.2, 0.25) is 0 Å². The first kappa shape index (κ1) is 17.1. The van der Waals surface area contributed by atoms with Crippen molar-refractivity contribution >= 4 is 11.5 Å². The highest BCUT2D eigenvalue weighted by Gasteiger charge is 2.28. The number of aromatic hydroxyl groups is 1. The molecule has 0 aromatic heterocycles. The fourth-order valence-electron chi connectivity index (χ4n) is 4.01. The number of aryl methyl sites for hydroxylation is 1. The molecule has 130 valence electrons. The summed E-state index contributed by atoms with van der Waals surface area (Å²) in [6.07, 6.45) is 7.96. The van der Waals surface area contributed by atoms with Crippen LogP contribution < -0.4 is 4.90 Å². The van der Waals surface area contributed by atoms with E-state index < -0.39 is 0 Å². The van der Waals surface area contributed by atoms with E-state index in [1.807, 2.05) is 0 Å². The molecule has 3 rings (SSSR count). The maximum Gasteiger partial charge on any atom is 0.155 e. The third-order valence-electron chi connectivity index (χ3n) is 5.54. The van der Waals surface area contributed by atoms with Gasteiger partial charge >= 0.3 is 0 Å². The molecule has 0 fully saturated rings. The minimum absolute atomic E-state index is 0.114. The molecular formula is C21H29NO2. The van der Waals surface area contributed by atoms with Crippen molar-refractivity contribution in [3.05, 3.63) is 34.4 Å². The van der Waals surface area contributed by atoms with Crippen molar-refractivity contribution < 1.29 is 9.90 Å². The predicted molar refractivity (Wildman–Crippen MR) is 98.9 cm³/mol. The molecule has 0 aliphatic carbocycles. The second-order valence-corrected chi connectivity index (χ2v) is 7.38. The van der Waals surface area contributed by atoms with E-state index in [0.717, 1.165) is 55.5 Å². The lowest BCUT2D eigenvalue weighted by molar-refractivity contribution is -0.113. The van der Waals surface area contributed by atoms with Gasteiger partial charge in [-0.2, -0.15) is 0 Å². The largest absolute Gasteiger partial charge is 0.507 e. The Hall–Kier alpha value is -1.77. The summed E-state index contributed by atoms with van der Waals surface area (Å²) in [6.45, 7) is 8.11. The van der Waals surface area contributed by atoms with E-state index in [4.69, 9.17) is 0 Å². The van der Waals surface area contributed by atoms with Crippen LogP contribution in [0, 0.1) is 5.92 Å². The average Bonchev–Trinajstić information content (AvgIpc) is 2.58. The number of anilines is 1. The Balaban J connectivity index is 2.00. The lowest BCUT2D eigenvalue weighted by Gasteiger charge is -2.37. The van der Waals surface area contributed by atoms with E-state index in [2.05, 4.69) is 30.9 Å². The summed E-state index contributed by atoms with van der Waals surface area (Å²) in [4.78, 5) is 14.5. The molecule has 2 heterocycles. The first-order valence-electron chi connectivity index (χ1n) is 9.34. The smallest absolute Gasteiger partial charge is 0.155 e. The monoisotopic (exact) mass is 327 g/mol. The van der Waals surface area contributed by atoms with Crippen molar-refractivity contribution in [2.45, 2.75) is 59.3 Å². The maximum absolute atomic E-state index is 12.1. The van der Waals surface area contributed by atoms with Crippen LogP contribution in [0.5, 0.6) is 5.75 Å². The number of carbonyl (C=O) groups is 1. The Morgan fingerprint density at radius 3 is 2.71 bits per heavy atom. The summed E-state index contributed by atoms with van der Waals surface area (Å²) in [5.41, 5.74) is 5.51. The highest BCUT2D eigenvalue weighted by molar-refractivity contribution is 5.94. The topological polar surface area (TPSA) is 40.5 Å². The van der Waals surface area contributed by atoms with Crippen LogP contribution in [0.1, 0.15) is 56.7 Å². The van der Waals surface area contributed by atoms with Crippen LogP contribution in [-0.2, 0) is 24.1 Å². The Bertz CT molecular complexity index is 673. The van der Waals surface area contributed by atoms with E-state index in [1.54, 1.807) is 6.92 Å². The molecule has 0 bridgehead atoms. The zero-order valence-corrected chi connectivity index (χ0v) is 15.2. The van der Waals surface area contributed by atoms with Crippen molar-refractivity contribution in [1.29, 1.82) is 0 Å². The molecule has 1 aromatic rings. The van der Waals surface area contributed by atoms with Gasteiger partial charge < -0.3 is 10.0 Å². The molecule has 1 aromatic carbocycles. The standard InChI is InChI=1S/C21H29NO2/c1-4-14(2)11-17(15(3)23)13-18-12-16-7-5-9-22-10-6-8-19(20(16)22)21(18)24/h11-12,14,24H,4-10,13H2,1-3H3/b17-11-. The van der Waals surface area contributed by atoms with Gasteiger partial charge in [0, 0.05) is 30.8 Å². The van der Waals surface area contributed by atoms with Gasteiger partial charge in [-0.3, -0.25) is 4.79 Å². The van der Waals surface area contributed by atoms with Gasteiger partial charge in [0.1, 0.15) is 5.75 Å². The van der Waals surface area contributed by atoms with Crippen molar-refractivity contribution in [3.8, 4) is 5.75 Å². The molecule has 0 spiro atoms. The van der Waals surface area contributed by atoms with Crippen molar-refractivity contribution in [2.24, 2.45) is 5.92 Å². The number of nitrogens with zero attached hydrogens (tertiary/aromatic N) is 1. The first-order chi connectivity index (χ1) is 11.5. The minimum Gasteiger partial charge on any atom is -0.507 e. The van der Waals surface area contributed by atoms with Gasteiger partial charge in [-0.05, 0) is 61.3 Å². The van der Waals surface area contributed by atoms with Crippen LogP contribution >= 0.6 is 0 Å². The number of phenols is 1. The number of hydrogen-bond acceptors (Lipinski definition) is 3. The average molecular weight is 327 g/mol. The zero-order valence-electron chi connectivity index (χ0n) is 15.2. The van der Waals surface area contributed by atoms with E-state index >= 15 is 0 Å². The molecule has 2 aliphatic rings. The fraction of sp³-hybridized carbons (Fsp3) is 0.571. The Morgan fingerprint density at radius 1 is 1.33 bits per heavy atom. The Labute approximate surface area is 145 Å². The molecule has 3 nitrogen and oxygen atoms in total. The van der Waals surface area contributed by atoms with E-state index in [9.17, 15) is 9.90 Å². The highest BCUT2D eigenvalue weighted by atomic mass is 16.3.